The van der Waals surface area contributed by atoms with Crippen molar-refractivity contribution in [3.05, 3.63) is 64.4 Å². The average molecular weight is 302 g/mol. The van der Waals surface area contributed by atoms with Crippen molar-refractivity contribution in [2.45, 2.75) is 0 Å². The third-order valence-corrected chi connectivity index (χ3v) is 4.11. The average Bonchev–Trinajstić information content (AvgIpc) is 2.93. The molecular weight excluding hydrogens is 290 g/mol. The van der Waals surface area contributed by atoms with E-state index in [0.717, 1.165) is 26.9 Å². The van der Waals surface area contributed by atoms with Gasteiger partial charge in [-0.3, -0.25) is 4.99 Å². The van der Waals surface area contributed by atoms with Gasteiger partial charge in [-0.1, -0.05) is 29.8 Å². The Hall–Kier alpha value is -1.91. The molecule has 0 unspecified atom stereocenters. The lowest BCUT2D eigenvalue weighted by atomic mass is 10.2. The van der Waals surface area contributed by atoms with Gasteiger partial charge in [-0.15, -0.1) is 0 Å². The number of rotatable bonds is 2. The lowest BCUT2D eigenvalue weighted by Gasteiger charge is -2.06. The van der Waals surface area contributed by atoms with Crippen LogP contribution in [0.3, 0.4) is 0 Å². The van der Waals surface area contributed by atoms with Crippen LogP contribution in [-0.2, 0) is 0 Å². The summed E-state index contributed by atoms with van der Waals surface area (Å²) in [5.74, 6) is 0.874. The molecule has 0 aliphatic heterocycles. The van der Waals surface area contributed by atoms with E-state index in [1.807, 2.05) is 42.5 Å². The van der Waals surface area contributed by atoms with Crippen molar-refractivity contribution in [3.63, 3.8) is 0 Å². The molecule has 100 valence electrons. The predicted molar refractivity (Wildman–Crippen MR) is 83.4 cm³/mol. The third-order valence-electron chi connectivity index (χ3n) is 2.85. The molecule has 20 heavy (non-hydrogen) atoms. The minimum absolute atomic E-state index is 0.718. The van der Waals surface area contributed by atoms with Gasteiger partial charge in [-0.25, -0.2) is 3.96 Å². The van der Waals surface area contributed by atoms with E-state index in [-0.39, 0.29) is 0 Å². The zero-order valence-electron chi connectivity index (χ0n) is 10.8. The Morgan fingerprint density at radius 1 is 1.05 bits per heavy atom. The molecule has 0 fully saturated rings. The SMILES string of the molecule is CN=c1nc(-c2ccc(Cl)cc2)n(-c2ccccc2)s1. The van der Waals surface area contributed by atoms with Crippen molar-refractivity contribution in [1.29, 1.82) is 0 Å². The molecule has 0 saturated heterocycles. The first kappa shape index (κ1) is 13.1. The highest BCUT2D eigenvalue weighted by molar-refractivity contribution is 7.04. The molecule has 0 atom stereocenters. The summed E-state index contributed by atoms with van der Waals surface area (Å²) in [6.07, 6.45) is 0. The summed E-state index contributed by atoms with van der Waals surface area (Å²) in [6.45, 7) is 0. The molecule has 0 N–H and O–H groups in total. The molecule has 0 saturated carbocycles. The molecule has 3 nitrogen and oxygen atoms in total. The van der Waals surface area contributed by atoms with Gasteiger partial charge in [0, 0.05) is 17.6 Å². The first-order chi connectivity index (χ1) is 9.78. The second-order valence-electron chi connectivity index (χ2n) is 4.17. The summed E-state index contributed by atoms with van der Waals surface area (Å²) in [5, 5.41) is 0.718. The van der Waals surface area contributed by atoms with Crippen LogP contribution < -0.4 is 4.80 Å². The molecule has 0 radical (unpaired) electrons. The van der Waals surface area contributed by atoms with E-state index in [0.29, 0.717) is 0 Å². The minimum Gasteiger partial charge on any atom is -0.260 e. The quantitative estimate of drug-likeness (QED) is 0.708. The molecule has 1 heterocycles. The Labute approximate surface area is 126 Å². The Balaban J connectivity index is 2.20. The molecule has 3 rings (SSSR count). The largest absolute Gasteiger partial charge is 0.260 e. The molecule has 0 spiro atoms. The van der Waals surface area contributed by atoms with E-state index in [4.69, 9.17) is 11.6 Å². The van der Waals surface area contributed by atoms with Crippen LogP contribution in [0.2, 0.25) is 5.02 Å². The zero-order valence-corrected chi connectivity index (χ0v) is 12.4. The maximum atomic E-state index is 5.95. The molecule has 5 heteroatoms. The standard InChI is InChI=1S/C15H12ClN3S/c1-17-15-18-14(11-7-9-12(16)10-8-11)19(20-15)13-5-3-2-4-6-13/h2-10H,1H3. The van der Waals surface area contributed by atoms with Gasteiger partial charge in [0.2, 0.25) is 4.80 Å². The van der Waals surface area contributed by atoms with Crippen LogP contribution in [0, 0.1) is 0 Å². The fourth-order valence-electron chi connectivity index (χ4n) is 1.89. The highest BCUT2D eigenvalue weighted by Gasteiger charge is 2.10. The fourth-order valence-corrected chi connectivity index (χ4v) is 2.85. The maximum absolute atomic E-state index is 5.95. The van der Waals surface area contributed by atoms with Gasteiger partial charge >= 0.3 is 0 Å². The summed E-state index contributed by atoms with van der Waals surface area (Å²) in [6, 6.07) is 17.8. The van der Waals surface area contributed by atoms with E-state index in [2.05, 4.69) is 26.1 Å². The topological polar surface area (TPSA) is 30.2 Å². The molecule has 0 amide bonds. The van der Waals surface area contributed by atoms with E-state index in [1.54, 1.807) is 7.05 Å². The second kappa shape index (κ2) is 5.61. The number of aromatic nitrogens is 2. The van der Waals surface area contributed by atoms with Crippen molar-refractivity contribution < 1.29 is 0 Å². The van der Waals surface area contributed by atoms with Crippen LogP contribution in [0.4, 0.5) is 0 Å². The number of nitrogens with zero attached hydrogens (tertiary/aromatic N) is 3. The van der Waals surface area contributed by atoms with Crippen molar-refractivity contribution in [3.8, 4) is 17.1 Å². The van der Waals surface area contributed by atoms with E-state index < -0.39 is 0 Å². The number of hydrogen-bond acceptors (Lipinski definition) is 3. The Kier molecular flexibility index (Phi) is 3.67. The van der Waals surface area contributed by atoms with Gasteiger partial charge in [0.15, 0.2) is 5.82 Å². The Morgan fingerprint density at radius 3 is 2.40 bits per heavy atom. The van der Waals surface area contributed by atoms with Crippen LogP contribution in [0.1, 0.15) is 0 Å². The summed E-state index contributed by atoms with van der Waals surface area (Å²) in [5.41, 5.74) is 2.09. The van der Waals surface area contributed by atoms with Crippen molar-refractivity contribution >= 4 is 23.1 Å². The van der Waals surface area contributed by atoms with Crippen LogP contribution >= 0.6 is 23.1 Å². The minimum atomic E-state index is 0.718. The second-order valence-corrected chi connectivity index (χ2v) is 5.52. The highest BCUT2D eigenvalue weighted by atomic mass is 35.5. The van der Waals surface area contributed by atoms with Gasteiger partial charge in [-0.05, 0) is 47.9 Å². The Morgan fingerprint density at radius 2 is 1.75 bits per heavy atom. The lowest BCUT2D eigenvalue weighted by Crippen LogP contribution is -1.96. The molecule has 3 aromatic rings. The number of benzene rings is 2. The number of halogens is 1. The smallest absolute Gasteiger partial charge is 0.222 e. The van der Waals surface area contributed by atoms with Crippen LogP contribution in [-0.4, -0.2) is 16.0 Å². The molecule has 0 bridgehead atoms. The van der Waals surface area contributed by atoms with E-state index in [9.17, 15) is 0 Å². The molecule has 1 aromatic heterocycles. The molecule has 0 aliphatic rings. The van der Waals surface area contributed by atoms with Gasteiger partial charge in [0.25, 0.3) is 0 Å². The third kappa shape index (κ3) is 2.53. The number of hydrogen-bond donors (Lipinski definition) is 0. The molecule has 0 aliphatic carbocycles. The fraction of sp³-hybridized carbons (Fsp3) is 0.0667. The predicted octanol–water partition coefficient (Wildman–Crippen LogP) is 3.78. The van der Waals surface area contributed by atoms with E-state index >= 15 is 0 Å². The van der Waals surface area contributed by atoms with Crippen LogP contribution in [0.25, 0.3) is 17.1 Å². The van der Waals surface area contributed by atoms with Gasteiger partial charge in [0.05, 0.1) is 5.69 Å². The lowest BCUT2D eigenvalue weighted by molar-refractivity contribution is 1.12. The summed E-state index contributed by atoms with van der Waals surface area (Å²) in [4.78, 5) is 9.51. The van der Waals surface area contributed by atoms with Crippen LogP contribution in [0.5, 0.6) is 0 Å². The van der Waals surface area contributed by atoms with Gasteiger partial charge < -0.3 is 0 Å². The summed E-state index contributed by atoms with van der Waals surface area (Å²) >= 11 is 7.46. The highest BCUT2D eigenvalue weighted by Crippen LogP contribution is 2.23. The monoisotopic (exact) mass is 301 g/mol. The van der Waals surface area contributed by atoms with Gasteiger partial charge in [-0.2, -0.15) is 4.98 Å². The van der Waals surface area contributed by atoms with E-state index in [1.165, 1.54) is 11.5 Å². The molecular formula is C15H12ClN3S. The van der Waals surface area contributed by atoms with Crippen LogP contribution in [0.15, 0.2) is 59.6 Å². The van der Waals surface area contributed by atoms with Crippen molar-refractivity contribution in [2.24, 2.45) is 4.99 Å². The van der Waals surface area contributed by atoms with Crippen molar-refractivity contribution in [2.75, 3.05) is 7.05 Å². The number of para-hydroxylation sites is 1. The zero-order chi connectivity index (χ0) is 13.9. The van der Waals surface area contributed by atoms with Crippen molar-refractivity contribution in [1.82, 2.24) is 8.94 Å². The maximum Gasteiger partial charge on any atom is 0.222 e. The Bertz CT molecular complexity index is 773. The normalized spacial score (nSPS) is 11.8. The summed E-state index contributed by atoms with van der Waals surface area (Å²) in [7, 11) is 1.75. The summed E-state index contributed by atoms with van der Waals surface area (Å²) < 4.78 is 2.07. The molecule has 2 aromatic carbocycles. The first-order valence-corrected chi connectivity index (χ1v) is 7.27. The van der Waals surface area contributed by atoms with Gasteiger partial charge in [0.1, 0.15) is 0 Å². The first-order valence-electron chi connectivity index (χ1n) is 6.12.